The second kappa shape index (κ2) is 7.50. The molecule has 0 aromatic heterocycles. The highest BCUT2D eigenvalue weighted by Crippen LogP contribution is 2.27. The Morgan fingerprint density at radius 1 is 1.05 bits per heavy atom. The molecule has 2 rings (SSSR count). The summed E-state index contributed by atoms with van der Waals surface area (Å²) in [7, 11) is 0. The third-order valence-corrected chi connectivity index (χ3v) is 3.40. The van der Waals surface area contributed by atoms with E-state index in [0.717, 1.165) is 5.56 Å². The second-order valence-electron chi connectivity index (χ2n) is 4.16. The molecule has 2 aromatic rings. The van der Waals surface area contributed by atoms with Crippen LogP contribution in [0.1, 0.15) is 5.56 Å². The number of benzene rings is 2. The van der Waals surface area contributed by atoms with Crippen LogP contribution in [0.4, 0.5) is 0 Å². The molecule has 0 bridgehead atoms. The number of ether oxygens (including phenoxy) is 2. The highest BCUT2D eigenvalue weighted by Gasteiger charge is 2.03. The van der Waals surface area contributed by atoms with Crippen molar-refractivity contribution in [1.29, 1.82) is 0 Å². The van der Waals surface area contributed by atoms with Gasteiger partial charge in [0.25, 0.3) is 0 Å². The smallest absolute Gasteiger partial charge is 0.139 e. The van der Waals surface area contributed by atoms with Crippen molar-refractivity contribution in [3.8, 4) is 11.5 Å². The van der Waals surface area contributed by atoms with Crippen LogP contribution < -0.4 is 15.2 Å². The number of halogens is 2. The summed E-state index contributed by atoms with van der Waals surface area (Å²) in [5.74, 6) is 1.21. The molecule has 0 amide bonds. The molecule has 0 atom stereocenters. The zero-order chi connectivity index (χ0) is 15.2. The van der Waals surface area contributed by atoms with Gasteiger partial charge in [0.2, 0.25) is 0 Å². The lowest BCUT2D eigenvalue weighted by Gasteiger charge is -2.10. The van der Waals surface area contributed by atoms with Crippen molar-refractivity contribution >= 4 is 40.4 Å². The van der Waals surface area contributed by atoms with Gasteiger partial charge >= 0.3 is 0 Å². The number of rotatable bonds is 6. The van der Waals surface area contributed by atoms with Crippen molar-refractivity contribution in [2.75, 3.05) is 13.2 Å². The maximum atomic E-state index is 6.00. The number of nitrogens with two attached hydrogens (primary N) is 1. The van der Waals surface area contributed by atoms with Crippen molar-refractivity contribution in [1.82, 2.24) is 0 Å². The zero-order valence-electron chi connectivity index (χ0n) is 11.0. The van der Waals surface area contributed by atoms with Gasteiger partial charge in [0.15, 0.2) is 0 Å². The van der Waals surface area contributed by atoms with E-state index in [2.05, 4.69) is 0 Å². The van der Waals surface area contributed by atoms with Crippen molar-refractivity contribution < 1.29 is 9.47 Å². The van der Waals surface area contributed by atoms with Crippen LogP contribution in [-0.2, 0) is 0 Å². The van der Waals surface area contributed by atoms with E-state index in [1.807, 2.05) is 18.2 Å². The zero-order valence-corrected chi connectivity index (χ0v) is 13.3. The van der Waals surface area contributed by atoms with Gasteiger partial charge in [-0.2, -0.15) is 0 Å². The molecular formula is C15H13Cl2NO2S. The van der Waals surface area contributed by atoms with E-state index in [-0.39, 0.29) is 0 Å². The third-order valence-electron chi connectivity index (χ3n) is 2.62. The SMILES string of the molecule is NC(=S)c1cccc(OCCOc2cc(Cl)ccc2Cl)c1. The molecule has 2 N–H and O–H groups in total. The topological polar surface area (TPSA) is 44.5 Å². The van der Waals surface area contributed by atoms with Crippen LogP contribution in [0.3, 0.4) is 0 Å². The highest BCUT2D eigenvalue weighted by atomic mass is 35.5. The van der Waals surface area contributed by atoms with E-state index >= 15 is 0 Å². The molecule has 3 nitrogen and oxygen atoms in total. The van der Waals surface area contributed by atoms with Crippen LogP contribution in [0, 0.1) is 0 Å². The summed E-state index contributed by atoms with van der Waals surface area (Å²) >= 11 is 16.8. The molecule has 110 valence electrons. The first-order valence-electron chi connectivity index (χ1n) is 6.17. The average molecular weight is 342 g/mol. The summed E-state index contributed by atoms with van der Waals surface area (Å²) in [5, 5.41) is 1.08. The molecule has 0 unspecified atom stereocenters. The minimum absolute atomic E-state index is 0.336. The molecule has 0 aliphatic rings. The Kier molecular flexibility index (Phi) is 5.67. The van der Waals surface area contributed by atoms with Crippen LogP contribution in [0.2, 0.25) is 10.0 Å². The Morgan fingerprint density at radius 2 is 1.81 bits per heavy atom. The first kappa shape index (κ1) is 15.9. The summed E-state index contributed by atoms with van der Waals surface area (Å²) in [4.78, 5) is 0.336. The first-order valence-corrected chi connectivity index (χ1v) is 7.33. The molecule has 2 aromatic carbocycles. The second-order valence-corrected chi connectivity index (χ2v) is 5.45. The van der Waals surface area contributed by atoms with Gasteiger partial charge in [-0.3, -0.25) is 0 Å². The van der Waals surface area contributed by atoms with E-state index in [1.165, 1.54) is 0 Å². The molecular weight excluding hydrogens is 329 g/mol. The van der Waals surface area contributed by atoms with Gasteiger partial charge in [0.1, 0.15) is 29.7 Å². The monoisotopic (exact) mass is 341 g/mol. The largest absolute Gasteiger partial charge is 0.490 e. The Balaban J connectivity index is 1.86. The van der Waals surface area contributed by atoms with Gasteiger partial charge in [-0.15, -0.1) is 0 Å². The van der Waals surface area contributed by atoms with E-state index in [4.69, 9.17) is 50.6 Å². The normalized spacial score (nSPS) is 10.2. The number of hydrogen-bond donors (Lipinski definition) is 1. The summed E-state index contributed by atoms with van der Waals surface area (Å²) in [5.41, 5.74) is 6.33. The van der Waals surface area contributed by atoms with Crippen LogP contribution >= 0.6 is 35.4 Å². The standard InChI is InChI=1S/C15H13Cl2NO2S/c16-11-4-5-13(17)14(9-11)20-7-6-19-12-3-1-2-10(8-12)15(18)21/h1-5,8-9H,6-7H2,(H2,18,21). The van der Waals surface area contributed by atoms with Crippen LogP contribution in [0.25, 0.3) is 0 Å². The fraction of sp³-hybridized carbons (Fsp3) is 0.133. The van der Waals surface area contributed by atoms with Gasteiger partial charge in [-0.05, 0) is 24.3 Å². The molecule has 0 aliphatic heterocycles. The molecule has 0 spiro atoms. The van der Waals surface area contributed by atoms with Gasteiger partial charge in [0, 0.05) is 16.7 Å². The van der Waals surface area contributed by atoms with E-state index < -0.39 is 0 Å². The fourth-order valence-electron chi connectivity index (χ4n) is 1.64. The Hall–Kier alpha value is -1.49. The van der Waals surface area contributed by atoms with Crippen molar-refractivity contribution in [2.45, 2.75) is 0 Å². The van der Waals surface area contributed by atoms with Crippen LogP contribution in [0.5, 0.6) is 11.5 Å². The maximum Gasteiger partial charge on any atom is 0.139 e. The predicted octanol–water partition coefficient (Wildman–Crippen LogP) is 4.09. The minimum Gasteiger partial charge on any atom is -0.490 e. The lowest BCUT2D eigenvalue weighted by atomic mass is 10.2. The van der Waals surface area contributed by atoms with Crippen molar-refractivity contribution in [3.05, 3.63) is 58.1 Å². The lowest BCUT2D eigenvalue weighted by molar-refractivity contribution is 0.217. The minimum atomic E-state index is 0.336. The molecule has 0 heterocycles. The molecule has 0 radical (unpaired) electrons. The lowest BCUT2D eigenvalue weighted by Crippen LogP contribution is -2.11. The van der Waals surface area contributed by atoms with Gasteiger partial charge in [-0.25, -0.2) is 0 Å². The van der Waals surface area contributed by atoms with E-state index in [0.29, 0.717) is 39.7 Å². The van der Waals surface area contributed by atoms with Crippen molar-refractivity contribution in [2.24, 2.45) is 5.73 Å². The number of thiocarbonyl (C=S) groups is 1. The van der Waals surface area contributed by atoms with Gasteiger partial charge in [0.05, 0.1) is 5.02 Å². The molecule has 0 fully saturated rings. The summed E-state index contributed by atoms with van der Waals surface area (Å²) < 4.78 is 11.1. The Labute approximate surface area is 138 Å². The Bertz CT molecular complexity index is 649. The van der Waals surface area contributed by atoms with Crippen LogP contribution in [0.15, 0.2) is 42.5 Å². The van der Waals surface area contributed by atoms with Gasteiger partial charge < -0.3 is 15.2 Å². The molecule has 21 heavy (non-hydrogen) atoms. The maximum absolute atomic E-state index is 6.00. The Morgan fingerprint density at radius 3 is 2.57 bits per heavy atom. The van der Waals surface area contributed by atoms with E-state index in [9.17, 15) is 0 Å². The molecule has 0 aliphatic carbocycles. The summed E-state index contributed by atoms with van der Waals surface area (Å²) in [6, 6.07) is 12.3. The molecule has 0 saturated heterocycles. The first-order chi connectivity index (χ1) is 10.1. The highest BCUT2D eigenvalue weighted by molar-refractivity contribution is 7.80. The van der Waals surface area contributed by atoms with E-state index in [1.54, 1.807) is 24.3 Å². The molecule has 6 heteroatoms. The number of hydrogen-bond acceptors (Lipinski definition) is 3. The van der Waals surface area contributed by atoms with Gasteiger partial charge in [-0.1, -0.05) is 47.6 Å². The van der Waals surface area contributed by atoms with Crippen molar-refractivity contribution in [3.63, 3.8) is 0 Å². The van der Waals surface area contributed by atoms with Crippen LogP contribution in [-0.4, -0.2) is 18.2 Å². The summed E-state index contributed by atoms with van der Waals surface area (Å²) in [6.07, 6.45) is 0. The average Bonchev–Trinajstić information content (AvgIpc) is 2.47. The summed E-state index contributed by atoms with van der Waals surface area (Å²) in [6.45, 7) is 0.709. The fourth-order valence-corrected chi connectivity index (χ4v) is 2.10. The third kappa shape index (κ3) is 4.77. The predicted molar refractivity (Wildman–Crippen MR) is 89.8 cm³/mol. The molecule has 0 saturated carbocycles. The quantitative estimate of drug-likeness (QED) is 0.634.